The van der Waals surface area contributed by atoms with Gasteiger partial charge in [-0.1, -0.05) is 6.07 Å². The Hall–Kier alpha value is -2.09. The van der Waals surface area contributed by atoms with Crippen LogP contribution in [-0.4, -0.2) is 42.0 Å². The fraction of sp³-hybridized carbons (Fsp3) is 0.385. The van der Waals surface area contributed by atoms with Crippen LogP contribution in [0.2, 0.25) is 0 Å². The molecule has 1 aliphatic heterocycles. The van der Waals surface area contributed by atoms with E-state index < -0.39 is 27.5 Å². The lowest BCUT2D eigenvalue weighted by molar-refractivity contribution is -0.116. The molecule has 1 atom stereocenters. The maximum Gasteiger partial charge on any atom is 0.339 e. The molecule has 0 bridgehead atoms. The molecule has 0 radical (unpaired) electrons. The molecule has 1 unspecified atom stereocenters. The summed E-state index contributed by atoms with van der Waals surface area (Å²) in [5.74, 6) is -2.43. The van der Waals surface area contributed by atoms with E-state index in [2.05, 4.69) is 5.32 Å². The molecule has 114 valence electrons. The molecular formula is C13H15NO6S. The van der Waals surface area contributed by atoms with Gasteiger partial charge in [-0.2, -0.15) is 0 Å². The van der Waals surface area contributed by atoms with E-state index in [0.29, 0.717) is 6.42 Å². The Kier molecular flexibility index (Phi) is 4.17. The largest absolute Gasteiger partial charge is 0.505 e. The zero-order chi connectivity index (χ0) is 15.6. The molecule has 0 aliphatic carbocycles. The van der Waals surface area contributed by atoms with Crippen LogP contribution < -0.4 is 5.32 Å². The van der Waals surface area contributed by atoms with Crippen molar-refractivity contribution >= 4 is 27.4 Å². The summed E-state index contributed by atoms with van der Waals surface area (Å²) in [5, 5.41) is 21.0. The van der Waals surface area contributed by atoms with Gasteiger partial charge in [0.15, 0.2) is 15.6 Å². The molecule has 1 aliphatic rings. The molecule has 0 spiro atoms. The van der Waals surface area contributed by atoms with Crippen LogP contribution in [0.25, 0.3) is 0 Å². The number of carboxylic acid groups (broad SMARTS) is 1. The van der Waals surface area contributed by atoms with Crippen molar-refractivity contribution in [3.8, 4) is 5.75 Å². The van der Waals surface area contributed by atoms with Gasteiger partial charge in [-0.05, 0) is 24.5 Å². The highest BCUT2D eigenvalue weighted by atomic mass is 32.2. The van der Waals surface area contributed by atoms with E-state index in [9.17, 15) is 23.1 Å². The Morgan fingerprint density at radius 2 is 2.05 bits per heavy atom. The van der Waals surface area contributed by atoms with Crippen LogP contribution in [0.3, 0.4) is 0 Å². The Morgan fingerprint density at radius 1 is 1.33 bits per heavy atom. The Morgan fingerprint density at radius 3 is 2.62 bits per heavy atom. The SMILES string of the molecule is O=C(CC1CCS(=O)(=O)C1)Nc1cccc(C(=O)O)c1O. The van der Waals surface area contributed by atoms with Crippen LogP contribution in [0, 0.1) is 5.92 Å². The lowest BCUT2D eigenvalue weighted by atomic mass is 10.0. The molecule has 0 saturated carbocycles. The lowest BCUT2D eigenvalue weighted by Crippen LogP contribution is -2.17. The van der Waals surface area contributed by atoms with Gasteiger partial charge in [-0.3, -0.25) is 4.79 Å². The van der Waals surface area contributed by atoms with Crippen LogP contribution in [0.1, 0.15) is 23.2 Å². The fourth-order valence-electron chi connectivity index (χ4n) is 2.31. The fourth-order valence-corrected chi connectivity index (χ4v) is 4.18. The molecule has 0 aromatic heterocycles. The first-order valence-electron chi connectivity index (χ1n) is 6.34. The predicted molar refractivity (Wildman–Crippen MR) is 75.1 cm³/mol. The number of carbonyl (C=O) groups excluding carboxylic acids is 1. The number of amides is 1. The van der Waals surface area contributed by atoms with Crippen molar-refractivity contribution in [2.75, 3.05) is 16.8 Å². The summed E-state index contributed by atoms with van der Waals surface area (Å²) in [6, 6.07) is 4.00. The smallest absolute Gasteiger partial charge is 0.339 e. The first kappa shape index (κ1) is 15.3. The number of hydrogen-bond donors (Lipinski definition) is 3. The standard InChI is InChI=1S/C13H15NO6S/c15-11(6-8-4-5-21(19,20)7-8)14-10-3-1-2-9(12(10)16)13(17)18/h1-3,8,16H,4-7H2,(H,14,15)(H,17,18). The van der Waals surface area contributed by atoms with Crippen LogP contribution >= 0.6 is 0 Å². The normalized spacial score (nSPS) is 20.1. The number of aromatic hydroxyl groups is 1. The van der Waals surface area contributed by atoms with Crippen molar-refractivity contribution in [3.05, 3.63) is 23.8 Å². The molecule has 3 N–H and O–H groups in total. The Balaban J connectivity index is 2.04. The minimum atomic E-state index is -3.05. The maximum atomic E-state index is 11.8. The van der Waals surface area contributed by atoms with Crippen molar-refractivity contribution in [2.45, 2.75) is 12.8 Å². The summed E-state index contributed by atoms with van der Waals surface area (Å²) in [6.45, 7) is 0. The summed E-state index contributed by atoms with van der Waals surface area (Å²) in [7, 11) is -3.05. The zero-order valence-electron chi connectivity index (χ0n) is 11.1. The molecule has 1 aromatic rings. The molecule has 1 amide bonds. The zero-order valence-corrected chi connectivity index (χ0v) is 11.9. The van der Waals surface area contributed by atoms with Crippen LogP contribution in [-0.2, 0) is 14.6 Å². The van der Waals surface area contributed by atoms with E-state index in [1.165, 1.54) is 18.2 Å². The first-order chi connectivity index (χ1) is 9.78. The van der Waals surface area contributed by atoms with Gasteiger partial charge in [0.25, 0.3) is 0 Å². The number of carbonyl (C=O) groups is 2. The number of sulfone groups is 1. The third kappa shape index (κ3) is 3.72. The van der Waals surface area contributed by atoms with Crippen molar-refractivity contribution in [1.29, 1.82) is 0 Å². The number of hydrogen-bond acceptors (Lipinski definition) is 5. The lowest BCUT2D eigenvalue weighted by Gasteiger charge is -2.11. The van der Waals surface area contributed by atoms with Gasteiger partial charge in [0.05, 0.1) is 17.2 Å². The van der Waals surface area contributed by atoms with Crippen molar-refractivity contribution in [3.63, 3.8) is 0 Å². The topological polar surface area (TPSA) is 121 Å². The number of rotatable bonds is 4. The number of anilines is 1. The molecule has 1 aromatic carbocycles. The highest BCUT2D eigenvalue weighted by Crippen LogP contribution is 2.28. The van der Waals surface area contributed by atoms with Crippen molar-refractivity contribution < 1.29 is 28.2 Å². The molecule has 1 heterocycles. The number of aromatic carboxylic acids is 1. The number of para-hydroxylation sites is 1. The Bertz CT molecular complexity index is 682. The summed E-state index contributed by atoms with van der Waals surface area (Å²) < 4.78 is 22.6. The third-order valence-electron chi connectivity index (χ3n) is 3.34. The van der Waals surface area contributed by atoms with Crippen LogP contribution in [0.15, 0.2) is 18.2 Å². The Labute approximate surface area is 121 Å². The molecular weight excluding hydrogens is 298 g/mol. The second-order valence-corrected chi connectivity index (χ2v) is 7.26. The summed E-state index contributed by atoms with van der Waals surface area (Å²) >= 11 is 0. The van der Waals surface area contributed by atoms with Crippen molar-refractivity contribution in [2.24, 2.45) is 5.92 Å². The van der Waals surface area contributed by atoms with Crippen molar-refractivity contribution in [1.82, 2.24) is 0 Å². The van der Waals surface area contributed by atoms with Crippen LogP contribution in [0.5, 0.6) is 5.75 Å². The predicted octanol–water partition coefficient (Wildman–Crippen LogP) is 0.854. The summed E-state index contributed by atoms with van der Waals surface area (Å²) in [6.07, 6.45) is 0.465. The highest BCUT2D eigenvalue weighted by molar-refractivity contribution is 7.91. The third-order valence-corrected chi connectivity index (χ3v) is 5.18. The highest BCUT2D eigenvalue weighted by Gasteiger charge is 2.29. The van der Waals surface area contributed by atoms with E-state index in [4.69, 9.17) is 5.11 Å². The van der Waals surface area contributed by atoms with E-state index in [0.717, 1.165) is 0 Å². The van der Waals surface area contributed by atoms with Gasteiger partial charge in [-0.25, -0.2) is 13.2 Å². The van der Waals surface area contributed by atoms with E-state index in [-0.39, 0.29) is 35.1 Å². The van der Waals surface area contributed by atoms with Gasteiger partial charge in [0.1, 0.15) is 5.56 Å². The molecule has 8 heteroatoms. The number of carboxylic acids is 1. The monoisotopic (exact) mass is 313 g/mol. The average Bonchev–Trinajstić information content (AvgIpc) is 2.70. The van der Waals surface area contributed by atoms with E-state index in [1.807, 2.05) is 0 Å². The number of nitrogens with one attached hydrogen (secondary N) is 1. The van der Waals surface area contributed by atoms with Gasteiger partial charge in [-0.15, -0.1) is 0 Å². The molecule has 7 nitrogen and oxygen atoms in total. The molecule has 2 rings (SSSR count). The second kappa shape index (κ2) is 5.72. The molecule has 21 heavy (non-hydrogen) atoms. The average molecular weight is 313 g/mol. The van der Waals surface area contributed by atoms with E-state index in [1.54, 1.807) is 0 Å². The van der Waals surface area contributed by atoms with Gasteiger partial charge in [0, 0.05) is 6.42 Å². The van der Waals surface area contributed by atoms with Gasteiger partial charge in [0.2, 0.25) is 5.91 Å². The first-order valence-corrected chi connectivity index (χ1v) is 8.16. The molecule has 1 saturated heterocycles. The number of benzene rings is 1. The molecule has 1 fully saturated rings. The maximum absolute atomic E-state index is 11.8. The number of phenols is 1. The summed E-state index contributed by atoms with van der Waals surface area (Å²) in [4.78, 5) is 22.7. The van der Waals surface area contributed by atoms with Gasteiger partial charge < -0.3 is 15.5 Å². The minimum Gasteiger partial charge on any atom is -0.505 e. The quantitative estimate of drug-likeness (QED) is 0.709. The van der Waals surface area contributed by atoms with Gasteiger partial charge >= 0.3 is 5.97 Å². The minimum absolute atomic E-state index is 0.000698. The summed E-state index contributed by atoms with van der Waals surface area (Å²) in [5.41, 5.74) is -0.308. The van der Waals surface area contributed by atoms with E-state index >= 15 is 0 Å². The second-order valence-electron chi connectivity index (χ2n) is 5.03. The van der Waals surface area contributed by atoms with Crippen LogP contribution in [0.4, 0.5) is 5.69 Å².